The van der Waals surface area contributed by atoms with Crippen LogP contribution in [0.2, 0.25) is 0 Å². The van der Waals surface area contributed by atoms with Gasteiger partial charge in [0.2, 0.25) is 10.0 Å². The van der Waals surface area contributed by atoms with Crippen molar-refractivity contribution in [2.45, 2.75) is 10.9 Å². The lowest BCUT2D eigenvalue weighted by molar-refractivity contribution is 0.274. The number of rotatable bonds is 3. The van der Waals surface area contributed by atoms with E-state index < -0.39 is 10.0 Å². The maximum Gasteiger partial charge on any atom is 0.244 e. The first-order chi connectivity index (χ1) is 7.93. The smallest absolute Gasteiger partial charge is 0.244 e. The molecule has 0 bridgehead atoms. The summed E-state index contributed by atoms with van der Waals surface area (Å²) in [5.41, 5.74) is 0. The zero-order valence-electron chi connectivity index (χ0n) is 9.15. The number of sulfonamides is 1. The predicted molar refractivity (Wildman–Crippen MR) is 73.4 cm³/mol. The third-order valence-corrected chi connectivity index (χ3v) is 6.22. The van der Waals surface area contributed by atoms with Crippen LogP contribution in [0.5, 0.6) is 0 Å². The van der Waals surface area contributed by atoms with Crippen LogP contribution in [-0.4, -0.2) is 38.9 Å². The number of halogens is 2. The fourth-order valence-electron chi connectivity index (χ4n) is 1.56. The molecule has 0 spiro atoms. The number of hydrogen-bond donors (Lipinski definition) is 1. The van der Waals surface area contributed by atoms with Crippen molar-refractivity contribution in [2.24, 2.45) is 0 Å². The molecule has 1 fully saturated rings. The highest BCUT2D eigenvalue weighted by Crippen LogP contribution is 2.28. The van der Waals surface area contributed by atoms with E-state index >= 15 is 0 Å². The first-order valence-corrected chi connectivity index (χ1v) is 8.09. The van der Waals surface area contributed by atoms with Gasteiger partial charge in [0, 0.05) is 35.1 Å². The van der Waals surface area contributed by atoms with E-state index in [1.165, 1.54) is 4.31 Å². The molecule has 0 aromatic heterocycles. The fourth-order valence-corrected chi connectivity index (χ4v) is 4.37. The standard InChI is InChI=1S/C10H12Br2N2O2S/c1-14(8-5-13-6-8)17(15,16)10-4-7(11)2-3-9(10)12/h2-4,8,13H,5-6H2,1H3. The quantitative estimate of drug-likeness (QED) is 0.865. The Bertz CT molecular complexity index is 529. The Labute approximate surface area is 118 Å². The molecule has 7 heteroatoms. The van der Waals surface area contributed by atoms with E-state index in [4.69, 9.17) is 0 Å². The van der Waals surface area contributed by atoms with Crippen molar-refractivity contribution in [3.63, 3.8) is 0 Å². The van der Waals surface area contributed by atoms with Crippen LogP contribution >= 0.6 is 31.9 Å². The Hall–Kier alpha value is 0.0500. The summed E-state index contributed by atoms with van der Waals surface area (Å²) in [5, 5.41) is 3.06. The Balaban J connectivity index is 2.39. The minimum Gasteiger partial charge on any atom is -0.313 e. The number of benzene rings is 1. The van der Waals surface area contributed by atoms with E-state index in [9.17, 15) is 8.42 Å². The molecule has 0 amide bonds. The van der Waals surface area contributed by atoms with Gasteiger partial charge < -0.3 is 5.32 Å². The number of hydrogen-bond acceptors (Lipinski definition) is 3. The third-order valence-electron chi connectivity index (χ3n) is 2.82. The molecule has 0 radical (unpaired) electrons. The molecule has 0 saturated carbocycles. The van der Waals surface area contributed by atoms with Crippen molar-refractivity contribution in [2.75, 3.05) is 20.1 Å². The number of nitrogens with zero attached hydrogens (tertiary/aromatic N) is 1. The topological polar surface area (TPSA) is 49.4 Å². The molecule has 1 aromatic rings. The second kappa shape index (κ2) is 4.97. The summed E-state index contributed by atoms with van der Waals surface area (Å²) in [6.45, 7) is 1.42. The van der Waals surface area contributed by atoms with E-state index in [0.717, 1.165) is 4.47 Å². The summed E-state index contributed by atoms with van der Waals surface area (Å²) in [6, 6.07) is 5.19. The van der Waals surface area contributed by atoms with E-state index in [1.54, 1.807) is 25.2 Å². The SMILES string of the molecule is CN(C1CNC1)S(=O)(=O)c1cc(Br)ccc1Br. The van der Waals surface area contributed by atoms with Crippen LogP contribution in [0.15, 0.2) is 32.0 Å². The van der Waals surface area contributed by atoms with E-state index in [1.807, 2.05) is 0 Å². The Morgan fingerprint density at radius 2 is 2.00 bits per heavy atom. The molecule has 1 heterocycles. The van der Waals surface area contributed by atoms with Gasteiger partial charge in [-0.1, -0.05) is 15.9 Å². The highest BCUT2D eigenvalue weighted by atomic mass is 79.9. The lowest BCUT2D eigenvalue weighted by Crippen LogP contribution is -2.57. The Morgan fingerprint density at radius 3 is 2.53 bits per heavy atom. The van der Waals surface area contributed by atoms with Crippen molar-refractivity contribution >= 4 is 41.9 Å². The fraction of sp³-hybridized carbons (Fsp3) is 0.400. The molecule has 1 aliphatic rings. The van der Waals surface area contributed by atoms with Gasteiger partial charge in [-0.15, -0.1) is 0 Å². The average Bonchev–Trinajstić information content (AvgIpc) is 2.19. The highest BCUT2D eigenvalue weighted by molar-refractivity contribution is 9.11. The molecule has 1 N–H and O–H groups in total. The van der Waals surface area contributed by atoms with Gasteiger partial charge in [0.25, 0.3) is 0 Å². The zero-order valence-corrected chi connectivity index (χ0v) is 13.1. The molecule has 0 atom stereocenters. The summed E-state index contributed by atoms with van der Waals surface area (Å²) in [4.78, 5) is 0.293. The van der Waals surface area contributed by atoms with E-state index in [0.29, 0.717) is 22.5 Å². The lowest BCUT2D eigenvalue weighted by Gasteiger charge is -2.34. The lowest BCUT2D eigenvalue weighted by atomic mass is 10.2. The summed E-state index contributed by atoms with van der Waals surface area (Å²) in [5.74, 6) is 0. The summed E-state index contributed by atoms with van der Waals surface area (Å²) < 4.78 is 27.5. The van der Waals surface area contributed by atoms with Gasteiger partial charge in [-0.2, -0.15) is 4.31 Å². The monoisotopic (exact) mass is 382 g/mol. The van der Waals surface area contributed by atoms with Crippen LogP contribution in [-0.2, 0) is 10.0 Å². The Morgan fingerprint density at radius 1 is 1.35 bits per heavy atom. The molecule has 17 heavy (non-hydrogen) atoms. The Kier molecular flexibility index (Phi) is 3.94. The molecular formula is C10H12Br2N2O2S. The largest absolute Gasteiger partial charge is 0.313 e. The van der Waals surface area contributed by atoms with Gasteiger partial charge in [0.05, 0.1) is 4.90 Å². The second-order valence-electron chi connectivity index (χ2n) is 3.91. The van der Waals surface area contributed by atoms with Crippen molar-refractivity contribution in [1.82, 2.24) is 9.62 Å². The zero-order chi connectivity index (χ0) is 12.6. The van der Waals surface area contributed by atoms with Crippen molar-refractivity contribution in [3.8, 4) is 0 Å². The molecular weight excluding hydrogens is 372 g/mol. The molecule has 4 nitrogen and oxygen atoms in total. The van der Waals surface area contributed by atoms with Gasteiger partial charge in [-0.05, 0) is 34.1 Å². The number of likely N-dealkylation sites (N-methyl/N-ethyl adjacent to an activating group) is 1. The summed E-state index contributed by atoms with van der Waals surface area (Å²) in [7, 11) is -1.82. The van der Waals surface area contributed by atoms with Crippen LogP contribution in [0.3, 0.4) is 0 Å². The molecule has 0 unspecified atom stereocenters. The van der Waals surface area contributed by atoms with Crippen LogP contribution in [0.1, 0.15) is 0 Å². The van der Waals surface area contributed by atoms with Crippen molar-refractivity contribution < 1.29 is 8.42 Å². The molecule has 2 rings (SSSR count). The van der Waals surface area contributed by atoms with Crippen LogP contribution in [0.4, 0.5) is 0 Å². The van der Waals surface area contributed by atoms with Gasteiger partial charge >= 0.3 is 0 Å². The van der Waals surface area contributed by atoms with E-state index in [-0.39, 0.29) is 6.04 Å². The summed E-state index contributed by atoms with van der Waals surface area (Å²) in [6.07, 6.45) is 0. The van der Waals surface area contributed by atoms with Gasteiger partial charge in [0.15, 0.2) is 0 Å². The number of nitrogens with one attached hydrogen (secondary N) is 1. The van der Waals surface area contributed by atoms with Gasteiger partial charge in [-0.3, -0.25) is 0 Å². The molecule has 1 saturated heterocycles. The van der Waals surface area contributed by atoms with Crippen molar-refractivity contribution in [1.29, 1.82) is 0 Å². The molecule has 1 aliphatic heterocycles. The summed E-state index contributed by atoms with van der Waals surface area (Å²) >= 11 is 6.57. The first kappa shape index (κ1) is 13.5. The van der Waals surface area contributed by atoms with Crippen LogP contribution < -0.4 is 5.32 Å². The van der Waals surface area contributed by atoms with E-state index in [2.05, 4.69) is 37.2 Å². The van der Waals surface area contributed by atoms with Crippen LogP contribution in [0.25, 0.3) is 0 Å². The maximum absolute atomic E-state index is 12.4. The average molecular weight is 384 g/mol. The highest BCUT2D eigenvalue weighted by Gasteiger charge is 2.32. The molecule has 0 aliphatic carbocycles. The minimum atomic E-state index is -3.44. The first-order valence-electron chi connectivity index (χ1n) is 5.07. The second-order valence-corrected chi connectivity index (χ2v) is 7.64. The van der Waals surface area contributed by atoms with Gasteiger partial charge in [0.1, 0.15) is 0 Å². The normalized spacial score (nSPS) is 17.2. The van der Waals surface area contributed by atoms with Crippen molar-refractivity contribution in [3.05, 3.63) is 27.1 Å². The van der Waals surface area contributed by atoms with Crippen LogP contribution in [0, 0.1) is 0 Å². The molecule has 1 aromatic carbocycles. The molecule has 94 valence electrons. The van der Waals surface area contributed by atoms with Gasteiger partial charge in [-0.25, -0.2) is 8.42 Å². The minimum absolute atomic E-state index is 0.0471. The third kappa shape index (κ3) is 2.58. The maximum atomic E-state index is 12.4. The predicted octanol–water partition coefficient (Wildman–Crippen LogP) is 1.80.